The normalized spacial score (nSPS) is 23.8. The average Bonchev–Trinajstić information content (AvgIpc) is 2.40. The fourth-order valence-corrected chi connectivity index (χ4v) is 2.93. The number of hydrogen-bond acceptors (Lipinski definition) is 3. The molecule has 2 unspecified atom stereocenters. The Morgan fingerprint density at radius 2 is 2.19 bits per heavy atom. The summed E-state index contributed by atoms with van der Waals surface area (Å²) < 4.78 is 5.62. The summed E-state index contributed by atoms with van der Waals surface area (Å²) in [5.74, 6) is 0.270. The lowest BCUT2D eigenvalue weighted by molar-refractivity contribution is -0.144. The van der Waals surface area contributed by atoms with Gasteiger partial charge in [-0.1, -0.05) is 23.2 Å². The van der Waals surface area contributed by atoms with E-state index >= 15 is 0 Å². The molecule has 0 spiro atoms. The van der Waals surface area contributed by atoms with Crippen LogP contribution in [-0.2, 0) is 4.79 Å². The minimum absolute atomic E-state index is 0.152. The maximum Gasteiger partial charge on any atom is 0.263 e. The summed E-state index contributed by atoms with van der Waals surface area (Å²) >= 11 is 11.9. The second-order valence-electron chi connectivity index (χ2n) is 5.70. The van der Waals surface area contributed by atoms with E-state index < -0.39 is 11.7 Å². The van der Waals surface area contributed by atoms with Crippen molar-refractivity contribution in [2.75, 3.05) is 13.1 Å². The maximum absolute atomic E-state index is 12.4. The van der Waals surface area contributed by atoms with Crippen molar-refractivity contribution >= 4 is 29.1 Å². The number of piperidine rings is 1. The van der Waals surface area contributed by atoms with E-state index in [1.165, 1.54) is 0 Å². The van der Waals surface area contributed by atoms with Gasteiger partial charge in [-0.25, -0.2) is 0 Å². The summed E-state index contributed by atoms with van der Waals surface area (Å²) in [5.41, 5.74) is -0.828. The molecular formula is C15H19Cl2NO3. The Balaban J connectivity index is 2.02. The number of aliphatic hydroxyl groups is 1. The molecule has 6 heteroatoms. The summed E-state index contributed by atoms with van der Waals surface area (Å²) in [5, 5.41) is 11.0. The molecule has 1 aromatic carbocycles. The molecule has 1 aromatic rings. The van der Waals surface area contributed by atoms with Crippen molar-refractivity contribution in [2.24, 2.45) is 0 Å². The van der Waals surface area contributed by atoms with Gasteiger partial charge < -0.3 is 14.7 Å². The molecule has 1 amide bonds. The molecule has 21 heavy (non-hydrogen) atoms. The van der Waals surface area contributed by atoms with Crippen LogP contribution in [0.15, 0.2) is 18.2 Å². The van der Waals surface area contributed by atoms with Crippen molar-refractivity contribution in [3.63, 3.8) is 0 Å². The second kappa shape index (κ2) is 6.42. The number of likely N-dealkylation sites (tertiary alicyclic amines) is 1. The monoisotopic (exact) mass is 331 g/mol. The highest BCUT2D eigenvalue weighted by molar-refractivity contribution is 6.35. The van der Waals surface area contributed by atoms with Crippen molar-refractivity contribution in [3.05, 3.63) is 28.2 Å². The standard InChI is InChI=1S/C15H19Cl2NO3/c1-10(21-13-5-4-11(16)8-12(13)17)14(19)18-7-3-6-15(2,20)9-18/h4-5,8,10,20H,3,6-7,9H2,1-2H3. The highest BCUT2D eigenvalue weighted by atomic mass is 35.5. The van der Waals surface area contributed by atoms with Gasteiger partial charge in [-0.2, -0.15) is 0 Å². The summed E-state index contributed by atoms with van der Waals surface area (Å²) in [4.78, 5) is 14.0. The van der Waals surface area contributed by atoms with Crippen LogP contribution in [-0.4, -0.2) is 40.7 Å². The molecule has 1 saturated heterocycles. The van der Waals surface area contributed by atoms with Crippen molar-refractivity contribution in [2.45, 2.75) is 38.4 Å². The Labute approximate surface area is 134 Å². The molecule has 2 atom stereocenters. The largest absolute Gasteiger partial charge is 0.479 e. The van der Waals surface area contributed by atoms with Crippen LogP contribution in [0.3, 0.4) is 0 Å². The van der Waals surface area contributed by atoms with Crippen LogP contribution in [0.1, 0.15) is 26.7 Å². The van der Waals surface area contributed by atoms with E-state index in [4.69, 9.17) is 27.9 Å². The van der Waals surface area contributed by atoms with Crippen LogP contribution in [0, 0.1) is 0 Å². The van der Waals surface area contributed by atoms with E-state index in [2.05, 4.69) is 0 Å². The van der Waals surface area contributed by atoms with Gasteiger partial charge in [0, 0.05) is 18.1 Å². The topological polar surface area (TPSA) is 49.8 Å². The maximum atomic E-state index is 12.4. The number of amides is 1. The van der Waals surface area contributed by atoms with E-state index in [-0.39, 0.29) is 5.91 Å². The molecule has 1 fully saturated rings. The minimum atomic E-state index is -0.828. The highest BCUT2D eigenvalue weighted by Crippen LogP contribution is 2.29. The molecule has 1 aliphatic heterocycles. The zero-order valence-corrected chi connectivity index (χ0v) is 13.6. The lowest BCUT2D eigenvalue weighted by Gasteiger charge is -2.37. The average molecular weight is 332 g/mol. The molecule has 4 nitrogen and oxygen atoms in total. The lowest BCUT2D eigenvalue weighted by atomic mass is 9.95. The van der Waals surface area contributed by atoms with Gasteiger partial charge in [0.2, 0.25) is 0 Å². The molecule has 0 aliphatic carbocycles. The molecular weight excluding hydrogens is 313 g/mol. The molecule has 1 N–H and O–H groups in total. The minimum Gasteiger partial charge on any atom is -0.479 e. The number of hydrogen-bond donors (Lipinski definition) is 1. The number of carbonyl (C=O) groups excluding carboxylic acids is 1. The lowest BCUT2D eigenvalue weighted by Crippen LogP contribution is -2.51. The van der Waals surface area contributed by atoms with Crippen LogP contribution in [0.25, 0.3) is 0 Å². The van der Waals surface area contributed by atoms with E-state index in [0.717, 1.165) is 6.42 Å². The van der Waals surface area contributed by atoms with Gasteiger partial charge in [0.1, 0.15) is 5.75 Å². The van der Waals surface area contributed by atoms with Crippen molar-refractivity contribution in [3.8, 4) is 5.75 Å². The molecule has 0 aromatic heterocycles. The second-order valence-corrected chi connectivity index (χ2v) is 6.54. The van der Waals surface area contributed by atoms with Crippen LogP contribution in [0.5, 0.6) is 5.75 Å². The van der Waals surface area contributed by atoms with Crippen LogP contribution in [0.4, 0.5) is 0 Å². The fourth-order valence-electron chi connectivity index (χ4n) is 2.48. The summed E-state index contributed by atoms with van der Waals surface area (Å²) in [6.07, 6.45) is 0.819. The van der Waals surface area contributed by atoms with Crippen LogP contribution < -0.4 is 4.74 Å². The molecule has 0 radical (unpaired) electrons. The van der Waals surface area contributed by atoms with Gasteiger partial charge >= 0.3 is 0 Å². The van der Waals surface area contributed by atoms with Gasteiger partial charge in [0.25, 0.3) is 5.91 Å². The number of nitrogens with zero attached hydrogens (tertiary/aromatic N) is 1. The molecule has 0 bridgehead atoms. The van der Waals surface area contributed by atoms with E-state index in [9.17, 15) is 9.90 Å². The van der Waals surface area contributed by atoms with E-state index in [1.54, 1.807) is 36.9 Å². The SMILES string of the molecule is CC(Oc1ccc(Cl)cc1Cl)C(=O)N1CCCC(C)(O)C1. The first-order valence-electron chi connectivity index (χ1n) is 6.91. The number of halogens is 2. The molecule has 1 heterocycles. The number of benzene rings is 1. The summed E-state index contributed by atoms with van der Waals surface area (Å²) in [6.45, 7) is 4.38. The Hall–Kier alpha value is -0.970. The zero-order valence-electron chi connectivity index (χ0n) is 12.1. The number of β-amino-alcohol motifs (C(OH)–C–C–N with tert-alkyl or cyclic N) is 1. The Bertz CT molecular complexity index is 534. The van der Waals surface area contributed by atoms with Crippen LogP contribution in [0.2, 0.25) is 10.0 Å². The Kier molecular flexibility index (Phi) is 5.02. The quantitative estimate of drug-likeness (QED) is 0.925. The van der Waals surface area contributed by atoms with E-state index in [1.807, 2.05) is 0 Å². The highest BCUT2D eigenvalue weighted by Gasteiger charge is 2.33. The Morgan fingerprint density at radius 3 is 2.81 bits per heavy atom. The smallest absolute Gasteiger partial charge is 0.263 e. The van der Waals surface area contributed by atoms with Crippen LogP contribution >= 0.6 is 23.2 Å². The fraction of sp³-hybridized carbons (Fsp3) is 0.533. The predicted octanol–water partition coefficient (Wildman–Crippen LogP) is 3.13. The first-order valence-corrected chi connectivity index (χ1v) is 7.67. The molecule has 2 rings (SSSR count). The zero-order chi connectivity index (χ0) is 15.6. The third-order valence-electron chi connectivity index (χ3n) is 3.53. The van der Waals surface area contributed by atoms with Gasteiger partial charge in [0.15, 0.2) is 6.10 Å². The number of ether oxygens (including phenoxy) is 1. The molecule has 1 aliphatic rings. The van der Waals surface area contributed by atoms with Crippen molar-refractivity contribution in [1.82, 2.24) is 4.90 Å². The first kappa shape index (κ1) is 16.4. The van der Waals surface area contributed by atoms with E-state index in [0.29, 0.717) is 35.3 Å². The third-order valence-corrected chi connectivity index (χ3v) is 4.06. The van der Waals surface area contributed by atoms with Crippen molar-refractivity contribution < 1.29 is 14.6 Å². The molecule has 0 saturated carbocycles. The predicted molar refractivity (Wildman–Crippen MR) is 83.0 cm³/mol. The number of carbonyl (C=O) groups is 1. The summed E-state index contributed by atoms with van der Waals surface area (Å²) in [6, 6.07) is 4.87. The van der Waals surface area contributed by atoms with Gasteiger partial charge in [-0.3, -0.25) is 4.79 Å². The molecule has 116 valence electrons. The summed E-state index contributed by atoms with van der Waals surface area (Å²) in [7, 11) is 0. The number of rotatable bonds is 3. The third kappa shape index (κ3) is 4.25. The van der Waals surface area contributed by atoms with Crippen molar-refractivity contribution in [1.29, 1.82) is 0 Å². The first-order chi connectivity index (χ1) is 9.78. The van der Waals surface area contributed by atoms with Gasteiger partial charge in [-0.05, 0) is 44.9 Å². The van der Waals surface area contributed by atoms with Gasteiger partial charge in [-0.15, -0.1) is 0 Å². The Morgan fingerprint density at radius 1 is 1.48 bits per heavy atom. The van der Waals surface area contributed by atoms with Gasteiger partial charge in [0.05, 0.1) is 10.6 Å².